The average Bonchev–Trinajstić information content (AvgIpc) is 2.76. The minimum absolute atomic E-state index is 0.0255. The molecule has 0 saturated carbocycles. The van der Waals surface area contributed by atoms with Gasteiger partial charge in [-0.15, -0.1) is 0 Å². The topological polar surface area (TPSA) is 55.9 Å². The number of piperidine rings is 1. The molecule has 7 heteroatoms. The highest BCUT2D eigenvalue weighted by Gasteiger charge is 2.18. The van der Waals surface area contributed by atoms with Crippen LogP contribution in [0.3, 0.4) is 0 Å². The van der Waals surface area contributed by atoms with Crippen LogP contribution in [0.15, 0.2) is 48.5 Å². The maximum Gasteiger partial charge on any atom is 0.244 e. The fourth-order valence-electron chi connectivity index (χ4n) is 3.84. The quantitative estimate of drug-likeness (QED) is 0.674. The number of para-hydroxylation sites is 2. The van der Waals surface area contributed by atoms with Gasteiger partial charge in [0, 0.05) is 32.4 Å². The number of nitrogens with zero attached hydrogens (tertiary/aromatic N) is 3. The summed E-state index contributed by atoms with van der Waals surface area (Å²) in [7, 11) is 3.58. The molecule has 0 radical (unpaired) electrons. The highest BCUT2D eigenvalue weighted by molar-refractivity contribution is 6.33. The van der Waals surface area contributed by atoms with Crippen LogP contribution in [0.2, 0.25) is 5.02 Å². The van der Waals surface area contributed by atoms with Gasteiger partial charge < -0.3 is 15.1 Å². The number of rotatable bonds is 8. The third-order valence-electron chi connectivity index (χ3n) is 5.49. The van der Waals surface area contributed by atoms with E-state index < -0.39 is 0 Å². The zero-order chi connectivity index (χ0) is 22.2. The largest absolute Gasteiger partial charge is 0.371 e. The first kappa shape index (κ1) is 23.1. The number of benzene rings is 2. The molecule has 0 aromatic heterocycles. The molecule has 1 N–H and O–H groups in total. The fraction of sp³-hybridized carbons (Fsp3) is 0.417. The van der Waals surface area contributed by atoms with Gasteiger partial charge >= 0.3 is 0 Å². The summed E-state index contributed by atoms with van der Waals surface area (Å²) in [6.45, 7) is 3.07. The second kappa shape index (κ2) is 11.2. The number of carbonyl (C=O) groups excluding carboxylic acids is 2. The second-order valence-electron chi connectivity index (χ2n) is 8.13. The molecule has 0 aliphatic carbocycles. The van der Waals surface area contributed by atoms with Crippen molar-refractivity contribution in [1.29, 1.82) is 0 Å². The van der Waals surface area contributed by atoms with Crippen LogP contribution in [0.1, 0.15) is 24.8 Å². The van der Waals surface area contributed by atoms with Gasteiger partial charge in [0.15, 0.2) is 0 Å². The van der Waals surface area contributed by atoms with Crippen molar-refractivity contribution < 1.29 is 9.59 Å². The van der Waals surface area contributed by atoms with Crippen LogP contribution in [0.25, 0.3) is 0 Å². The maximum absolute atomic E-state index is 12.7. The summed E-state index contributed by atoms with van der Waals surface area (Å²) in [5.74, 6) is -0.380. The van der Waals surface area contributed by atoms with E-state index in [1.165, 1.54) is 35.4 Å². The molecule has 31 heavy (non-hydrogen) atoms. The Kier molecular flexibility index (Phi) is 8.32. The molecule has 1 fully saturated rings. The van der Waals surface area contributed by atoms with Gasteiger partial charge in [0.1, 0.15) is 0 Å². The van der Waals surface area contributed by atoms with Crippen LogP contribution in [0.5, 0.6) is 0 Å². The Hall–Kier alpha value is -2.57. The van der Waals surface area contributed by atoms with Crippen molar-refractivity contribution in [3.63, 3.8) is 0 Å². The summed E-state index contributed by atoms with van der Waals surface area (Å²) in [4.78, 5) is 30.8. The first-order chi connectivity index (χ1) is 14.9. The van der Waals surface area contributed by atoms with Crippen LogP contribution >= 0.6 is 11.6 Å². The van der Waals surface area contributed by atoms with E-state index in [4.69, 9.17) is 11.6 Å². The number of hydrogen-bond acceptors (Lipinski definition) is 4. The number of amides is 2. The van der Waals surface area contributed by atoms with E-state index >= 15 is 0 Å². The molecular formula is C24H31ClN4O2. The Labute approximate surface area is 189 Å². The first-order valence-corrected chi connectivity index (χ1v) is 11.1. The predicted molar refractivity (Wildman–Crippen MR) is 127 cm³/mol. The smallest absolute Gasteiger partial charge is 0.244 e. The molecule has 2 amide bonds. The van der Waals surface area contributed by atoms with Gasteiger partial charge in [-0.05, 0) is 50.1 Å². The third-order valence-corrected chi connectivity index (χ3v) is 5.82. The molecule has 0 unspecified atom stereocenters. The lowest BCUT2D eigenvalue weighted by Gasteiger charge is -2.31. The average molecular weight is 443 g/mol. The number of anilines is 2. The lowest BCUT2D eigenvalue weighted by Crippen LogP contribution is -2.40. The Balaban J connectivity index is 1.52. The molecule has 1 aliphatic rings. The second-order valence-corrected chi connectivity index (χ2v) is 8.53. The van der Waals surface area contributed by atoms with Crippen molar-refractivity contribution in [1.82, 2.24) is 9.80 Å². The summed E-state index contributed by atoms with van der Waals surface area (Å²) < 4.78 is 0. The molecule has 6 nitrogen and oxygen atoms in total. The van der Waals surface area contributed by atoms with Crippen molar-refractivity contribution in [3.8, 4) is 0 Å². The van der Waals surface area contributed by atoms with Gasteiger partial charge in [0.2, 0.25) is 11.8 Å². The Morgan fingerprint density at radius 2 is 1.65 bits per heavy atom. The zero-order valence-electron chi connectivity index (χ0n) is 18.3. The van der Waals surface area contributed by atoms with E-state index in [1.807, 2.05) is 18.0 Å². The number of nitrogens with one attached hydrogen (secondary N) is 1. The third kappa shape index (κ3) is 6.71. The zero-order valence-corrected chi connectivity index (χ0v) is 19.1. The number of carbonyl (C=O) groups is 2. The molecule has 0 spiro atoms. The SMILES string of the molecule is CN(CC(=O)N(C)CC(=O)Nc1ccccc1Cl)Cc1ccccc1N1CCCCC1. The standard InChI is InChI=1S/C24H31ClN4O2/c1-27(16-19-10-4-7-13-22(19)29-14-8-3-9-15-29)18-24(31)28(2)17-23(30)26-21-12-6-5-11-20(21)25/h4-7,10-13H,3,8-9,14-18H2,1-2H3,(H,26,30). The van der Waals surface area contributed by atoms with E-state index in [0.717, 1.165) is 13.1 Å². The van der Waals surface area contributed by atoms with E-state index in [0.29, 0.717) is 17.3 Å². The molecule has 1 heterocycles. The lowest BCUT2D eigenvalue weighted by atomic mass is 10.1. The fourth-order valence-corrected chi connectivity index (χ4v) is 4.03. The minimum atomic E-state index is -0.276. The molecule has 1 saturated heterocycles. The van der Waals surface area contributed by atoms with Gasteiger partial charge in [-0.25, -0.2) is 0 Å². The summed E-state index contributed by atoms with van der Waals surface area (Å²) in [5.41, 5.74) is 3.02. The van der Waals surface area contributed by atoms with Crippen molar-refractivity contribution in [2.75, 3.05) is 50.5 Å². The van der Waals surface area contributed by atoms with Crippen LogP contribution in [0.4, 0.5) is 11.4 Å². The molecular weight excluding hydrogens is 412 g/mol. The van der Waals surface area contributed by atoms with E-state index in [9.17, 15) is 9.59 Å². The minimum Gasteiger partial charge on any atom is -0.371 e. The maximum atomic E-state index is 12.7. The highest BCUT2D eigenvalue weighted by atomic mass is 35.5. The Bertz CT molecular complexity index is 899. The molecule has 3 rings (SSSR count). The van der Waals surface area contributed by atoms with Crippen molar-refractivity contribution >= 4 is 34.8 Å². The summed E-state index contributed by atoms with van der Waals surface area (Å²) in [6, 6.07) is 15.5. The van der Waals surface area contributed by atoms with Crippen LogP contribution in [0, 0.1) is 0 Å². The van der Waals surface area contributed by atoms with Gasteiger partial charge in [-0.2, -0.15) is 0 Å². The van der Waals surface area contributed by atoms with Crippen LogP contribution in [-0.2, 0) is 16.1 Å². The van der Waals surface area contributed by atoms with Crippen LogP contribution < -0.4 is 10.2 Å². The molecule has 0 bridgehead atoms. The predicted octanol–water partition coefficient (Wildman–Crippen LogP) is 3.86. The highest BCUT2D eigenvalue weighted by Crippen LogP contribution is 2.25. The first-order valence-electron chi connectivity index (χ1n) is 10.7. The molecule has 0 atom stereocenters. The van der Waals surface area contributed by atoms with E-state index in [1.54, 1.807) is 31.3 Å². The van der Waals surface area contributed by atoms with Crippen molar-refractivity contribution in [3.05, 3.63) is 59.1 Å². The van der Waals surface area contributed by atoms with Gasteiger partial charge in [-0.1, -0.05) is 41.9 Å². The molecule has 2 aromatic carbocycles. The van der Waals surface area contributed by atoms with Crippen molar-refractivity contribution in [2.24, 2.45) is 0 Å². The van der Waals surface area contributed by atoms with Crippen LogP contribution in [-0.4, -0.2) is 61.9 Å². The van der Waals surface area contributed by atoms with Gasteiger partial charge in [0.25, 0.3) is 0 Å². The normalized spacial score (nSPS) is 13.9. The summed E-state index contributed by atoms with van der Waals surface area (Å²) in [5, 5.41) is 3.22. The number of likely N-dealkylation sites (N-methyl/N-ethyl adjacent to an activating group) is 2. The number of halogens is 1. The molecule has 1 aliphatic heterocycles. The Morgan fingerprint density at radius 1 is 0.968 bits per heavy atom. The number of hydrogen-bond donors (Lipinski definition) is 1. The van der Waals surface area contributed by atoms with E-state index in [-0.39, 0.29) is 24.9 Å². The summed E-state index contributed by atoms with van der Waals surface area (Å²) >= 11 is 6.08. The molecule has 166 valence electrons. The Morgan fingerprint density at radius 3 is 2.39 bits per heavy atom. The van der Waals surface area contributed by atoms with Gasteiger partial charge in [-0.3, -0.25) is 14.5 Å². The van der Waals surface area contributed by atoms with Crippen molar-refractivity contribution in [2.45, 2.75) is 25.8 Å². The lowest BCUT2D eigenvalue weighted by molar-refractivity contribution is -0.134. The monoisotopic (exact) mass is 442 g/mol. The van der Waals surface area contributed by atoms with E-state index in [2.05, 4.69) is 28.4 Å². The molecule has 2 aromatic rings. The van der Waals surface area contributed by atoms with Gasteiger partial charge in [0.05, 0.1) is 23.8 Å². The summed E-state index contributed by atoms with van der Waals surface area (Å²) in [6.07, 6.45) is 3.75.